The molecule has 1 aromatic carbocycles. The molecule has 1 amide bonds. The SMILES string of the molecule is C[C@@H](C(=O)Nc1ccc(F)c(F)c1F)[NH+]1CCCCCC1. The standard InChI is InChI=1S/C15H19F3N2O/c1-10(20-8-4-2-3-5-9-20)15(21)19-12-7-6-11(16)13(17)14(12)18/h6-7,10H,2-5,8-9H2,1H3,(H,19,21)/p+1/t10-/m0/s1. The van der Waals surface area contributed by atoms with Crippen LogP contribution in [0.1, 0.15) is 32.6 Å². The third kappa shape index (κ3) is 3.75. The topological polar surface area (TPSA) is 33.5 Å². The summed E-state index contributed by atoms with van der Waals surface area (Å²) >= 11 is 0. The highest BCUT2D eigenvalue weighted by molar-refractivity contribution is 5.93. The monoisotopic (exact) mass is 301 g/mol. The van der Waals surface area contributed by atoms with Crippen molar-refractivity contribution in [2.75, 3.05) is 18.4 Å². The third-order valence-corrected chi connectivity index (χ3v) is 4.04. The minimum Gasteiger partial charge on any atom is -0.325 e. The first-order valence-electron chi connectivity index (χ1n) is 7.29. The van der Waals surface area contributed by atoms with Crippen molar-refractivity contribution in [1.82, 2.24) is 0 Å². The first-order valence-corrected chi connectivity index (χ1v) is 7.29. The van der Waals surface area contributed by atoms with Crippen LogP contribution < -0.4 is 10.2 Å². The molecule has 3 nitrogen and oxygen atoms in total. The third-order valence-electron chi connectivity index (χ3n) is 4.04. The molecular formula is C15H20F3N2O+. The van der Waals surface area contributed by atoms with Gasteiger partial charge in [0.25, 0.3) is 5.91 Å². The highest BCUT2D eigenvalue weighted by Crippen LogP contribution is 2.19. The van der Waals surface area contributed by atoms with Gasteiger partial charge in [-0.1, -0.05) is 0 Å². The Morgan fingerprint density at radius 3 is 2.33 bits per heavy atom. The van der Waals surface area contributed by atoms with Crippen molar-refractivity contribution in [3.63, 3.8) is 0 Å². The number of nitrogens with one attached hydrogen (secondary N) is 2. The highest BCUT2D eigenvalue weighted by atomic mass is 19.2. The van der Waals surface area contributed by atoms with Crippen LogP contribution in [-0.2, 0) is 4.79 Å². The molecule has 0 bridgehead atoms. The van der Waals surface area contributed by atoms with Crippen molar-refractivity contribution < 1.29 is 22.9 Å². The van der Waals surface area contributed by atoms with Crippen molar-refractivity contribution in [1.29, 1.82) is 0 Å². The lowest BCUT2D eigenvalue weighted by Gasteiger charge is -2.23. The van der Waals surface area contributed by atoms with E-state index in [9.17, 15) is 18.0 Å². The van der Waals surface area contributed by atoms with Gasteiger partial charge in [0.2, 0.25) is 0 Å². The predicted octanol–water partition coefficient (Wildman–Crippen LogP) is 1.89. The molecule has 1 aliphatic heterocycles. The van der Waals surface area contributed by atoms with Crippen LogP contribution >= 0.6 is 0 Å². The van der Waals surface area contributed by atoms with E-state index < -0.39 is 17.5 Å². The molecule has 21 heavy (non-hydrogen) atoms. The Morgan fingerprint density at radius 1 is 1.10 bits per heavy atom. The van der Waals surface area contributed by atoms with E-state index in [1.807, 2.05) is 0 Å². The summed E-state index contributed by atoms with van der Waals surface area (Å²) in [4.78, 5) is 13.3. The summed E-state index contributed by atoms with van der Waals surface area (Å²) in [5.41, 5.74) is -0.319. The Morgan fingerprint density at radius 2 is 1.71 bits per heavy atom. The van der Waals surface area contributed by atoms with E-state index in [2.05, 4.69) is 5.32 Å². The number of benzene rings is 1. The van der Waals surface area contributed by atoms with Gasteiger partial charge in [-0.2, -0.15) is 0 Å². The van der Waals surface area contributed by atoms with Gasteiger partial charge in [0.05, 0.1) is 18.8 Å². The minimum atomic E-state index is -1.57. The Bertz CT molecular complexity index is 514. The maximum atomic E-state index is 13.6. The molecule has 0 unspecified atom stereocenters. The molecule has 2 N–H and O–H groups in total. The zero-order chi connectivity index (χ0) is 15.4. The summed E-state index contributed by atoms with van der Waals surface area (Å²) < 4.78 is 39.6. The molecule has 1 fully saturated rings. The molecule has 0 aromatic heterocycles. The average Bonchev–Trinajstić information content (AvgIpc) is 2.76. The second kappa shape index (κ2) is 6.93. The van der Waals surface area contributed by atoms with Crippen LogP contribution in [0.15, 0.2) is 12.1 Å². The summed E-state index contributed by atoms with van der Waals surface area (Å²) in [6, 6.07) is 1.49. The van der Waals surface area contributed by atoms with Crippen molar-refractivity contribution in [2.24, 2.45) is 0 Å². The summed E-state index contributed by atoms with van der Waals surface area (Å²) in [7, 11) is 0. The highest BCUT2D eigenvalue weighted by Gasteiger charge is 2.27. The number of likely N-dealkylation sites (tertiary alicyclic amines) is 1. The summed E-state index contributed by atoms with van der Waals surface area (Å²) in [6.07, 6.45) is 4.45. The molecule has 0 aliphatic carbocycles. The van der Waals surface area contributed by atoms with Crippen LogP contribution in [0.5, 0.6) is 0 Å². The lowest BCUT2D eigenvalue weighted by atomic mass is 10.2. The smallest absolute Gasteiger partial charge is 0.282 e. The fraction of sp³-hybridized carbons (Fsp3) is 0.533. The quantitative estimate of drug-likeness (QED) is 0.821. The van der Waals surface area contributed by atoms with E-state index in [-0.39, 0.29) is 17.6 Å². The predicted molar refractivity (Wildman–Crippen MR) is 73.6 cm³/mol. The number of hydrogen-bond acceptors (Lipinski definition) is 1. The first kappa shape index (κ1) is 15.8. The van der Waals surface area contributed by atoms with E-state index in [0.717, 1.165) is 55.8 Å². The molecule has 1 atom stereocenters. The van der Waals surface area contributed by atoms with Gasteiger partial charge >= 0.3 is 0 Å². The second-order valence-electron chi connectivity index (χ2n) is 5.51. The van der Waals surface area contributed by atoms with E-state index in [1.54, 1.807) is 6.92 Å². The van der Waals surface area contributed by atoms with E-state index >= 15 is 0 Å². The zero-order valence-electron chi connectivity index (χ0n) is 12.0. The van der Waals surface area contributed by atoms with E-state index in [1.165, 1.54) is 0 Å². The molecule has 0 saturated carbocycles. The Labute approximate surface area is 122 Å². The molecule has 1 aromatic rings. The summed E-state index contributed by atoms with van der Waals surface area (Å²) in [5.74, 6) is -4.57. The van der Waals surface area contributed by atoms with Crippen LogP contribution in [0.3, 0.4) is 0 Å². The van der Waals surface area contributed by atoms with Crippen molar-refractivity contribution in [3.8, 4) is 0 Å². The number of carbonyl (C=O) groups excluding carboxylic acids is 1. The van der Waals surface area contributed by atoms with E-state index in [4.69, 9.17) is 0 Å². The average molecular weight is 301 g/mol. The molecule has 0 radical (unpaired) electrons. The van der Waals surface area contributed by atoms with Crippen molar-refractivity contribution in [3.05, 3.63) is 29.6 Å². The van der Waals surface area contributed by atoms with Crippen LogP contribution in [0, 0.1) is 17.5 Å². The molecule has 1 heterocycles. The van der Waals surface area contributed by atoms with Gasteiger partial charge in [0.1, 0.15) is 0 Å². The van der Waals surface area contributed by atoms with Crippen LogP contribution in [0.25, 0.3) is 0 Å². The lowest BCUT2D eigenvalue weighted by molar-refractivity contribution is -0.913. The summed E-state index contributed by atoms with van der Waals surface area (Å²) in [6.45, 7) is 3.57. The number of amides is 1. The molecule has 1 saturated heterocycles. The van der Waals surface area contributed by atoms with Crippen molar-refractivity contribution in [2.45, 2.75) is 38.6 Å². The van der Waals surface area contributed by atoms with Gasteiger partial charge in [-0.3, -0.25) is 4.79 Å². The van der Waals surface area contributed by atoms with Gasteiger partial charge in [0.15, 0.2) is 23.5 Å². The fourth-order valence-electron chi connectivity index (χ4n) is 2.66. The van der Waals surface area contributed by atoms with Gasteiger partial charge in [-0.15, -0.1) is 0 Å². The van der Waals surface area contributed by atoms with Crippen molar-refractivity contribution >= 4 is 11.6 Å². The molecule has 116 valence electrons. The Hall–Kier alpha value is -1.56. The summed E-state index contributed by atoms with van der Waals surface area (Å²) in [5, 5.41) is 2.35. The molecule has 1 aliphatic rings. The maximum absolute atomic E-state index is 13.6. The van der Waals surface area contributed by atoms with Gasteiger partial charge in [-0.25, -0.2) is 13.2 Å². The van der Waals surface area contributed by atoms with Crippen LogP contribution in [0.2, 0.25) is 0 Å². The number of halogens is 3. The molecule has 0 spiro atoms. The van der Waals surface area contributed by atoms with E-state index in [0.29, 0.717) is 0 Å². The number of carbonyl (C=O) groups is 1. The van der Waals surface area contributed by atoms with Gasteiger partial charge in [0, 0.05) is 0 Å². The number of anilines is 1. The van der Waals surface area contributed by atoms with Gasteiger partial charge in [-0.05, 0) is 44.7 Å². The largest absolute Gasteiger partial charge is 0.325 e. The van der Waals surface area contributed by atoms with Crippen LogP contribution in [-0.4, -0.2) is 25.0 Å². The normalized spacial score (nSPS) is 18.1. The van der Waals surface area contributed by atoms with Crippen LogP contribution in [0.4, 0.5) is 18.9 Å². The molecule has 6 heteroatoms. The lowest BCUT2D eigenvalue weighted by Crippen LogP contribution is -3.16. The Balaban J connectivity index is 2.05. The first-order chi connectivity index (χ1) is 10.0. The minimum absolute atomic E-state index is 0.319. The number of rotatable bonds is 3. The van der Waals surface area contributed by atoms with Gasteiger partial charge < -0.3 is 10.2 Å². The fourth-order valence-corrected chi connectivity index (χ4v) is 2.66. The molecular weight excluding hydrogens is 281 g/mol. The molecule has 2 rings (SSSR count). The number of quaternary nitrogens is 1. The maximum Gasteiger partial charge on any atom is 0.282 e. The zero-order valence-corrected chi connectivity index (χ0v) is 12.0. The Kier molecular flexibility index (Phi) is 5.22. The second-order valence-corrected chi connectivity index (χ2v) is 5.51. The number of hydrogen-bond donors (Lipinski definition) is 2.